The molecular formula is C19H20N4O4. The lowest BCUT2D eigenvalue weighted by molar-refractivity contribution is -0.123. The first-order valence-electron chi connectivity index (χ1n) is 8.39. The lowest BCUT2D eigenvalue weighted by atomic mass is 9.92. The zero-order chi connectivity index (χ0) is 19.9. The Labute approximate surface area is 155 Å². The minimum Gasteiger partial charge on any atom is -0.354 e. The van der Waals surface area contributed by atoms with Gasteiger partial charge in [0.15, 0.2) is 5.78 Å². The molecule has 0 bridgehead atoms. The molecule has 4 amide bonds. The highest BCUT2D eigenvalue weighted by Crippen LogP contribution is 2.27. The number of carbonyl (C=O) groups is 4. The van der Waals surface area contributed by atoms with Gasteiger partial charge in [0.25, 0.3) is 11.8 Å². The molecule has 1 aliphatic rings. The molecule has 3 rings (SSSR count). The summed E-state index contributed by atoms with van der Waals surface area (Å²) < 4.78 is 0. The average molecular weight is 368 g/mol. The first-order valence-corrected chi connectivity index (χ1v) is 8.39. The summed E-state index contributed by atoms with van der Waals surface area (Å²) in [6, 6.07) is 6.11. The number of aryl methyl sites for hydroxylation is 1. The van der Waals surface area contributed by atoms with E-state index in [2.05, 4.69) is 20.9 Å². The molecule has 0 saturated carbocycles. The number of nitrogens with one attached hydrogen (secondary N) is 4. The highest BCUT2D eigenvalue weighted by molar-refractivity contribution is 6.09. The topological polar surface area (TPSA) is 120 Å². The lowest BCUT2D eigenvalue weighted by Gasteiger charge is -2.21. The van der Waals surface area contributed by atoms with Gasteiger partial charge in [-0.15, -0.1) is 0 Å². The van der Waals surface area contributed by atoms with Gasteiger partial charge in [0, 0.05) is 16.9 Å². The van der Waals surface area contributed by atoms with Gasteiger partial charge in [0.05, 0.1) is 0 Å². The number of Topliss-reactive ketones (excluding diaryl/α,β-unsaturated/α-hetero) is 1. The van der Waals surface area contributed by atoms with Crippen molar-refractivity contribution in [1.29, 1.82) is 0 Å². The van der Waals surface area contributed by atoms with E-state index in [0.29, 0.717) is 33.8 Å². The van der Waals surface area contributed by atoms with E-state index in [1.807, 2.05) is 0 Å². The molecule has 1 aromatic heterocycles. The van der Waals surface area contributed by atoms with Gasteiger partial charge < -0.3 is 15.6 Å². The molecule has 27 heavy (non-hydrogen) atoms. The second kappa shape index (κ2) is 6.39. The molecule has 0 radical (unpaired) electrons. The molecule has 8 heteroatoms. The van der Waals surface area contributed by atoms with Crippen molar-refractivity contribution >= 4 is 29.3 Å². The van der Waals surface area contributed by atoms with Gasteiger partial charge in [0.2, 0.25) is 0 Å². The van der Waals surface area contributed by atoms with Gasteiger partial charge in [-0.05, 0) is 51.0 Å². The van der Waals surface area contributed by atoms with E-state index in [1.54, 1.807) is 45.0 Å². The van der Waals surface area contributed by atoms with Crippen LogP contribution in [0.25, 0.3) is 0 Å². The Hall–Kier alpha value is -3.42. The van der Waals surface area contributed by atoms with Gasteiger partial charge in [0.1, 0.15) is 11.2 Å². The van der Waals surface area contributed by atoms with Crippen molar-refractivity contribution in [3.63, 3.8) is 0 Å². The molecule has 4 N–H and O–H groups in total. The molecule has 0 spiro atoms. The van der Waals surface area contributed by atoms with Gasteiger partial charge in [-0.25, -0.2) is 4.79 Å². The standard InChI is InChI=1S/C19H20N4O4/c1-9-14(11(3)24)10(2)20-15(9)16(25)21-13-7-5-6-12(8-13)19(4)17(26)22-18(27)23-19/h5-8,20H,1-4H3,(H,21,25)(H2,22,23,26,27)/t19-/m1/s1. The van der Waals surface area contributed by atoms with Crippen molar-refractivity contribution in [3.05, 3.63) is 52.3 Å². The molecule has 1 aliphatic heterocycles. The molecule has 1 atom stereocenters. The second-order valence-corrected chi connectivity index (χ2v) is 6.75. The number of H-pyrrole nitrogens is 1. The summed E-state index contributed by atoms with van der Waals surface area (Å²) in [5.74, 6) is -0.971. The van der Waals surface area contributed by atoms with Gasteiger partial charge in [-0.3, -0.25) is 19.7 Å². The minimum absolute atomic E-state index is 0.113. The maximum absolute atomic E-state index is 12.6. The van der Waals surface area contributed by atoms with Crippen LogP contribution in [-0.2, 0) is 10.3 Å². The predicted octanol–water partition coefficient (Wildman–Crippen LogP) is 2.14. The first kappa shape index (κ1) is 18.4. The molecule has 140 valence electrons. The smallest absolute Gasteiger partial charge is 0.322 e. The highest BCUT2D eigenvalue weighted by Gasteiger charge is 2.43. The largest absolute Gasteiger partial charge is 0.354 e. The van der Waals surface area contributed by atoms with E-state index in [0.717, 1.165) is 0 Å². The molecule has 1 aromatic carbocycles. The molecular weight excluding hydrogens is 348 g/mol. The SMILES string of the molecule is CC(=O)c1c(C)[nH]c(C(=O)Nc2cccc([C@@]3(C)NC(=O)NC3=O)c2)c1C. The molecule has 2 heterocycles. The van der Waals surface area contributed by atoms with Crippen molar-refractivity contribution in [3.8, 4) is 0 Å². The molecule has 1 fully saturated rings. The summed E-state index contributed by atoms with van der Waals surface area (Å²) in [5, 5.41) is 7.55. The Morgan fingerprint density at radius 2 is 1.85 bits per heavy atom. The van der Waals surface area contributed by atoms with E-state index in [1.165, 1.54) is 6.92 Å². The van der Waals surface area contributed by atoms with Crippen molar-refractivity contribution < 1.29 is 19.2 Å². The number of aromatic nitrogens is 1. The predicted molar refractivity (Wildman–Crippen MR) is 98.7 cm³/mol. The number of ketones is 1. The van der Waals surface area contributed by atoms with Gasteiger partial charge in [-0.2, -0.15) is 0 Å². The number of carbonyl (C=O) groups excluding carboxylic acids is 4. The second-order valence-electron chi connectivity index (χ2n) is 6.75. The summed E-state index contributed by atoms with van der Waals surface area (Å²) in [4.78, 5) is 50.9. The fourth-order valence-corrected chi connectivity index (χ4v) is 3.35. The molecule has 0 aliphatic carbocycles. The van der Waals surface area contributed by atoms with Crippen molar-refractivity contribution in [2.24, 2.45) is 0 Å². The number of benzene rings is 1. The number of imide groups is 1. The number of urea groups is 1. The minimum atomic E-state index is -1.21. The van der Waals surface area contributed by atoms with Crippen LogP contribution in [0.4, 0.5) is 10.5 Å². The summed E-state index contributed by atoms with van der Waals surface area (Å²) in [7, 11) is 0. The van der Waals surface area contributed by atoms with Gasteiger partial charge >= 0.3 is 6.03 Å². The van der Waals surface area contributed by atoms with Crippen molar-refractivity contribution in [2.75, 3.05) is 5.32 Å². The van der Waals surface area contributed by atoms with Crippen molar-refractivity contribution in [2.45, 2.75) is 33.2 Å². The monoisotopic (exact) mass is 368 g/mol. The van der Waals surface area contributed by atoms with E-state index < -0.39 is 23.4 Å². The van der Waals surface area contributed by atoms with Crippen LogP contribution in [0, 0.1) is 13.8 Å². The maximum Gasteiger partial charge on any atom is 0.322 e. The Morgan fingerprint density at radius 3 is 2.41 bits per heavy atom. The maximum atomic E-state index is 12.6. The third-order valence-electron chi connectivity index (χ3n) is 4.76. The summed E-state index contributed by atoms with van der Waals surface area (Å²) >= 11 is 0. The Balaban J connectivity index is 1.88. The number of hydrogen-bond acceptors (Lipinski definition) is 4. The third-order valence-corrected chi connectivity index (χ3v) is 4.76. The van der Waals surface area contributed by atoms with Crippen LogP contribution in [0.5, 0.6) is 0 Å². The van der Waals surface area contributed by atoms with Crippen molar-refractivity contribution in [1.82, 2.24) is 15.6 Å². The van der Waals surface area contributed by atoms with E-state index in [9.17, 15) is 19.2 Å². The summed E-state index contributed by atoms with van der Waals surface area (Å²) in [6.07, 6.45) is 0. The number of anilines is 1. The normalized spacial score (nSPS) is 18.8. The molecule has 2 aromatic rings. The van der Waals surface area contributed by atoms with Crippen LogP contribution in [-0.4, -0.2) is 28.6 Å². The number of amides is 4. The summed E-state index contributed by atoms with van der Waals surface area (Å²) in [5.41, 5.74) is 1.82. The van der Waals surface area contributed by atoms with Crippen LogP contribution >= 0.6 is 0 Å². The third kappa shape index (κ3) is 3.10. The Morgan fingerprint density at radius 1 is 1.15 bits per heavy atom. The molecule has 0 unspecified atom stereocenters. The first-order chi connectivity index (χ1) is 12.6. The summed E-state index contributed by atoms with van der Waals surface area (Å²) in [6.45, 7) is 6.50. The number of aromatic amines is 1. The van der Waals surface area contributed by atoms with E-state index in [4.69, 9.17) is 0 Å². The van der Waals surface area contributed by atoms with E-state index >= 15 is 0 Å². The fraction of sp³-hybridized carbons (Fsp3) is 0.263. The number of rotatable bonds is 4. The quantitative estimate of drug-likeness (QED) is 0.488. The molecule has 8 nitrogen and oxygen atoms in total. The highest BCUT2D eigenvalue weighted by atomic mass is 16.2. The van der Waals surface area contributed by atoms with E-state index in [-0.39, 0.29) is 5.78 Å². The average Bonchev–Trinajstić information content (AvgIpc) is 3.03. The zero-order valence-electron chi connectivity index (χ0n) is 15.4. The van der Waals surface area contributed by atoms with Crippen LogP contribution < -0.4 is 16.0 Å². The van der Waals surface area contributed by atoms with Crippen LogP contribution in [0.3, 0.4) is 0 Å². The van der Waals surface area contributed by atoms with Crippen LogP contribution in [0.15, 0.2) is 24.3 Å². The fourth-order valence-electron chi connectivity index (χ4n) is 3.35. The van der Waals surface area contributed by atoms with Crippen LogP contribution in [0.2, 0.25) is 0 Å². The Kier molecular flexibility index (Phi) is 4.35. The van der Waals surface area contributed by atoms with Crippen LogP contribution in [0.1, 0.15) is 51.5 Å². The molecule has 1 saturated heterocycles. The Bertz CT molecular complexity index is 992. The van der Waals surface area contributed by atoms with Gasteiger partial charge in [-0.1, -0.05) is 12.1 Å². The zero-order valence-corrected chi connectivity index (χ0v) is 15.4. The number of hydrogen-bond donors (Lipinski definition) is 4. The lowest BCUT2D eigenvalue weighted by Crippen LogP contribution is -2.40.